The Kier molecular flexibility index (Phi) is 20.6. The Hall–Kier alpha value is 0.562. The number of hydrogen-bond acceptors (Lipinski definition) is 4. The molecule has 0 saturated carbocycles. The molecule has 9 heavy (non-hydrogen) atoms. The summed E-state index contributed by atoms with van der Waals surface area (Å²) in [6.45, 7) is 0. The molecule has 0 aliphatic rings. The molecule has 9 heteroatoms. The molecule has 0 fully saturated rings. The molecule has 0 unspecified atom stereocenters. The summed E-state index contributed by atoms with van der Waals surface area (Å²) >= 11 is 0. The summed E-state index contributed by atoms with van der Waals surface area (Å²) in [6, 6.07) is 0. The van der Waals surface area contributed by atoms with Gasteiger partial charge in [0.05, 0.1) is 0 Å². The van der Waals surface area contributed by atoms with Crippen LogP contribution in [-0.2, 0) is 4.46 Å². The summed E-state index contributed by atoms with van der Waals surface area (Å²) in [5.41, 5.74) is 0. The first-order valence-corrected chi connectivity index (χ1v) is 2.73. The maximum absolute atomic E-state index is 8.74. The maximum Gasteiger partial charge on any atom is 1.00 e. The van der Waals surface area contributed by atoms with Gasteiger partial charge in [0, 0.05) is 0 Å². The standard InChI is InChI=1S/BH3O3.Na.H2O3Si.H/c2-1(3)4;;1-4(2)3;/h2-4H;;1-2H;/q;+1;;-1. The van der Waals surface area contributed by atoms with Gasteiger partial charge >= 0.3 is 46.0 Å². The minimum atomic E-state index is -3.13. The second-order valence-electron chi connectivity index (χ2n) is 0.629. The molecular weight excluding hydrogens is 158 g/mol. The molecule has 0 atom stereocenters. The van der Waals surface area contributed by atoms with Crippen LogP contribution in [0.1, 0.15) is 1.43 Å². The zero-order valence-corrected chi connectivity index (χ0v) is 7.72. The SMILES string of the molecule is O=[Si](O)O.OB(O)O.[H-].[Na+]. The van der Waals surface area contributed by atoms with Crippen LogP contribution in [0, 0.1) is 0 Å². The predicted octanol–water partition coefficient (Wildman–Crippen LogP) is -6.55. The Labute approximate surface area is 76.6 Å². The third kappa shape index (κ3) is 1170. The van der Waals surface area contributed by atoms with Crippen LogP contribution >= 0.6 is 0 Å². The van der Waals surface area contributed by atoms with Crippen molar-refractivity contribution in [1.82, 2.24) is 0 Å². The van der Waals surface area contributed by atoms with Gasteiger partial charge in [0.1, 0.15) is 0 Å². The van der Waals surface area contributed by atoms with E-state index in [0.717, 1.165) is 0 Å². The Morgan fingerprint density at radius 1 is 1.22 bits per heavy atom. The van der Waals surface area contributed by atoms with E-state index >= 15 is 0 Å². The summed E-state index contributed by atoms with van der Waals surface area (Å²) in [5, 5.41) is 21.5. The molecule has 0 saturated heterocycles. The van der Waals surface area contributed by atoms with Gasteiger partial charge in [0.2, 0.25) is 0 Å². The van der Waals surface area contributed by atoms with E-state index in [1.807, 2.05) is 0 Å². The van der Waals surface area contributed by atoms with E-state index in [-0.39, 0.29) is 31.0 Å². The van der Waals surface area contributed by atoms with Crippen molar-refractivity contribution >= 4 is 16.5 Å². The topological polar surface area (TPSA) is 118 Å². The maximum atomic E-state index is 8.74. The van der Waals surface area contributed by atoms with Gasteiger partial charge in [0.15, 0.2) is 0 Å². The monoisotopic (exact) mass is 164 g/mol. The zero-order chi connectivity index (χ0) is 7.15. The Bertz CT molecular complexity index is 62.0. The van der Waals surface area contributed by atoms with E-state index in [2.05, 4.69) is 0 Å². The Balaban J connectivity index is -0.0000000300. The van der Waals surface area contributed by atoms with Crippen LogP contribution in [-0.4, -0.2) is 41.2 Å². The van der Waals surface area contributed by atoms with Crippen molar-refractivity contribution in [2.75, 3.05) is 0 Å². The summed E-state index contributed by atoms with van der Waals surface area (Å²) in [5.74, 6) is 0. The summed E-state index contributed by atoms with van der Waals surface area (Å²) < 4.78 is 8.74. The van der Waals surface area contributed by atoms with Crippen LogP contribution < -0.4 is 29.6 Å². The molecule has 6 nitrogen and oxygen atoms in total. The number of rotatable bonds is 0. The third-order valence-electron chi connectivity index (χ3n) is 0. The quantitative estimate of drug-likeness (QED) is 0.227. The molecule has 5 N–H and O–H groups in total. The van der Waals surface area contributed by atoms with Gasteiger partial charge in [-0.2, -0.15) is 0 Å². The number of hydrogen-bond donors (Lipinski definition) is 5. The smallest absolute Gasteiger partial charge is 1.00 e. The van der Waals surface area contributed by atoms with E-state index in [9.17, 15) is 0 Å². The van der Waals surface area contributed by atoms with Crippen LogP contribution in [0.25, 0.3) is 0 Å². The molecule has 50 valence electrons. The van der Waals surface area contributed by atoms with Crippen LogP contribution in [0.3, 0.4) is 0 Å². The molecule has 0 aromatic carbocycles. The van der Waals surface area contributed by atoms with Gasteiger partial charge in [-0.05, 0) is 0 Å². The largest absolute Gasteiger partial charge is 1.00 e. The van der Waals surface area contributed by atoms with Crippen molar-refractivity contribution in [2.24, 2.45) is 0 Å². The normalized spacial score (nSPS) is 5.67. The van der Waals surface area contributed by atoms with Crippen molar-refractivity contribution < 1.29 is 60.1 Å². The molecule has 0 aromatic heterocycles. The van der Waals surface area contributed by atoms with E-state index in [1.54, 1.807) is 0 Å². The minimum absolute atomic E-state index is 0. The molecular formula is H6BNaO6Si. The Morgan fingerprint density at radius 2 is 1.22 bits per heavy atom. The van der Waals surface area contributed by atoms with Gasteiger partial charge in [-0.15, -0.1) is 0 Å². The van der Waals surface area contributed by atoms with Crippen LogP contribution in [0.2, 0.25) is 0 Å². The zero-order valence-electron chi connectivity index (χ0n) is 5.72. The summed E-state index contributed by atoms with van der Waals surface area (Å²) in [4.78, 5) is 14.3. The molecule has 0 heterocycles. The van der Waals surface area contributed by atoms with E-state index in [1.165, 1.54) is 0 Å². The van der Waals surface area contributed by atoms with E-state index < -0.39 is 16.5 Å². The average Bonchev–Trinajstić information content (AvgIpc) is 1.25. The molecule has 0 amide bonds. The summed E-state index contributed by atoms with van der Waals surface area (Å²) in [6.07, 6.45) is 0. The van der Waals surface area contributed by atoms with Crippen LogP contribution in [0.5, 0.6) is 0 Å². The molecule has 0 aliphatic heterocycles. The first-order chi connectivity index (χ1) is 3.46. The molecule has 0 aliphatic carbocycles. The van der Waals surface area contributed by atoms with Gasteiger partial charge in [-0.3, -0.25) is 4.46 Å². The Morgan fingerprint density at radius 3 is 1.22 bits per heavy atom. The molecule has 0 aromatic rings. The fourth-order valence-corrected chi connectivity index (χ4v) is 0. The van der Waals surface area contributed by atoms with Crippen LogP contribution in [0.4, 0.5) is 0 Å². The molecule has 0 radical (unpaired) electrons. The van der Waals surface area contributed by atoms with Crippen LogP contribution in [0.15, 0.2) is 0 Å². The average molecular weight is 164 g/mol. The van der Waals surface area contributed by atoms with Gasteiger partial charge < -0.3 is 26.1 Å². The predicted molar refractivity (Wildman–Crippen MR) is 24.4 cm³/mol. The van der Waals surface area contributed by atoms with E-state index in [0.29, 0.717) is 0 Å². The first-order valence-electron chi connectivity index (χ1n) is 1.43. The third-order valence-corrected chi connectivity index (χ3v) is 0. The molecule has 0 rings (SSSR count). The second-order valence-corrected chi connectivity index (χ2v) is 1.19. The molecule has 0 bridgehead atoms. The fourth-order valence-electron chi connectivity index (χ4n) is 0. The fraction of sp³-hybridized carbons (Fsp3) is 0. The van der Waals surface area contributed by atoms with Gasteiger partial charge in [-0.1, -0.05) is 0 Å². The minimum Gasteiger partial charge on any atom is -1.00 e. The van der Waals surface area contributed by atoms with E-state index in [4.69, 9.17) is 29.1 Å². The second kappa shape index (κ2) is 11.4. The van der Waals surface area contributed by atoms with Crippen molar-refractivity contribution in [3.05, 3.63) is 0 Å². The van der Waals surface area contributed by atoms with Gasteiger partial charge in [0.25, 0.3) is 0 Å². The first kappa shape index (κ1) is 16.3. The van der Waals surface area contributed by atoms with Gasteiger partial charge in [-0.25, -0.2) is 0 Å². The van der Waals surface area contributed by atoms with Crippen molar-refractivity contribution in [3.8, 4) is 0 Å². The van der Waals surface area contributed by atoms with Crippen molar-refractivity contribution in [3.63, 3.8) is 0 Å². The van der Waals surface area contributed by atoms with Crippen molar-refractivity contribution in [1.29, 1.82) is 0 Å². The summed E-state index contributed by atoms with van der Waals surface area (Å²) in [7, 11) is -5.30. The van der Waals surface area contributed by atoms with Crippen molar-refractivity contribution in [2.45, 2.75) is 0 Å². The molecule has 0 spiro atoms.